The zero-order valence-electron chi connectivity index (χ0n) is 15.3. The van der Waals surface area contributed by atoms with Gasteiger partial charge in [0.1, 0.15) is 6.29 Å². The zero-order valence-corrected chi connectivity index (χ0v) is 15.3. The molecule has 132 valence electrons. The molecular weight excluding hydrogens is 340 g/mol. The molecule has 0 bridgehead atoms. The maximum Gasteiger partial charge on any atom is 0.150 e. The number of rotatable bonds is 3. The van der Waals surface area contributed by atoms with E-state index >= 15 is 0 Å². The van der Waals surface area contributed by atoms with Crippen LogP contribution in [0.3, 0.4) is 0 Å². The molecular formula is C27H18O. The average Bonchev–Trinajstić information content (AvgIpc) is 2.79. The molecule has 0 N–H and O–H groups in total. The minimum Gasteiger partial charge on any atom is -0.298 e. The molecule has 0 heterocycles. The molecule has 0 saturated carbocycles. The van der Waals surface area contributed by atoms with E-state index < -0.39 is 0 Å². The highest BCUT2D eigenvalue weighted by molar-refractivity contribution is 6.22. The van der Waals surface area contributed by atoms with Crippen molar-refractivity contribution in [1.29, 1.82) is 0 Å². The van der Waals surface area contributed by atoms with Gasteiger partial charge in [0.05, 0.1) is 0 Å². The second-order valence-electron chi connectivity index (χ2n) is 6.95. The smallest absolute Gasteiger partial charge is 0.150 e. The highest BCUT2D eigenvalue weighted by atomic mass is 16.1. The second kappa shape index (κ2) is 6.79. The number of fused-ring (bicyclic) bond motifs is 3. The summed E-state index contributed by atoms with van der Waals surface area (Å²) in [7, 11) is 0. The van der Waals surface area contributed by atoms with Gasteiger partial charge in [0.25, 0.3) is 0 Å². The minimum absolute atomic E-state index is 0.698. The van der Waals surface area contributed by atoms with E-state index in [1.165, 1.54) is 33.0 Å². The third-order valence-corrected chi connectivity index (χ3v) is 5.31. The first-order valence-corrected chi connectivity index (χ1v) is 9.41. The van der Waals surface area contributed by atoms with Gasteiger partial charge in [-0.3, -0.25) is 4.79 Å². The first kappa shape index (κ1) is 16.5. The van der Waals surface area contributed by atoms with E-state index in [9.17, 15) is 4.79 Å². The fourth-order valence-electron chi connectivity index (χ4n) is 4.09. The predicted octanol–water partition coefficient (Wildman–Crippen LogP) is 7.14. The van der Waals surface area contributed by atoms with E-state index in [4.69, 9.17) is 0 Å². The third-order valence-electron chi connectivity index (χ3n) is 5.31. The van der Waals surface area contributed by atoms with Crippen molar-refractivity contribution in [3.8, 4) is 22.3 Å². The van der Waals surface area contributed by atoms with E-state index in [-0.39, 0.29) is 0 Å². The fourth-order valence-corrected chi connectivity index (χ4v) is 4.09. The summed E-state index contributed by atoms with van der Waals surface area (Å²) >= 11 is 0. The summed E-state index contributed by atoms with van der Waals surface area (Å²) in [5.41, 5.74) is 5.51. The molecule has 0 saturated heterocycles. The molecule has 0 aliphatic heterocycles. The van der Waals surface area contributed by atoms with Crippen LogP contribution in [0.2, 0.25) is 0 Å². The average molecular weight is 358 g/mol. The standard InChI is InChI=1S/C27H18O/c28-18-19-15-16-24-25(17-19)22-13-7-8-14-23(22)26(20-9-3-1-4-10-20)27(24)21-11-5-2-6-12-21/h1-18H. The lowest BCUT2D eigenvalue weighted by Crippen LogP contribution is -1.92. The van der Waals surface area contributed by atoms with Crippen molar-refractivity contribution in [2.75, 3.05) is 0 Å². The molecule has 0 fully saturated rings. The SMILES string of the molecule is O=Cc1ccc2c(-c3ccccc3)c(-c3ccccc3)c3ccccc3c2c1. The van der Waals surface area contributed by atoms with Crippen molar-refractivity contribution < 1.29 is 4.79 Å². The van der Waals surface area contributed by atoms with Crippen LogP contribution in [0.15, 0.2) is 103 Å². The molecule has 5 rings (SSSR count). The highest BCUT2D eigenvalue weighted by Gasteiger charge is 2.17. The molecule has 0 aliphatic rings. The van der Waals surface area contributed by atoms with E-state index in [1.54, 1.807) is 0 Å². The first-order valence-electron chi connectivity index (χ1n) is 9.41. The van der Waals surface area contributed by atoms with Gasteiger partial charge in [0.2, 0.25) is 0 Å². The minimum atomic E-state index is 0.698. The Hall–Kier alpha value is -3.71. The highest BCUT2D eigenvalue weighted by Crippen LogP contribution is 2.44. The van der Waals surface area contributed by atoms with Gasteiger partial charge in [0, 0.05) is 5.56 Å². The van der Waals surface area contributed by atoms with Gasteiger partial charge in [-0.2, -0.15) is 0 Å². The molecule has 0 atom stereocenters. The Morgan fingerprint density at radius 1 is 0.464 bits per heavy atom. The lowest BCUT2D eigenvalue weighted by atomic mass is 9.84. The van der Waals surface area contributed by atoms with Crippen LogP contribution >= 0.6 is 0 Å². The van der Waals surface area contributed by atoms with Gasteiger partial charge in [-0.25, -0.2) is 0 Å². The number of carbonyl (C=O) groups is 1. The molecule has 0 radical (unpaired) electrons. The van der Waals surface area contributed by atoms with Crippen molar-refractivity contribution in [3.05, 3.63) is 109 Å². The molecule has 0 aliphatic carbocycles. The number of carbonyl (C=O) groups excluding carboxylic acids is 1. The van der Waals surface area contributed by atoms with E-state index in [2.05, 4.69) is 78.9 Å². The topological polar surface area (TPSA) is 17.1 Å². The van der Waals surface area contributed by atoms with Gasteiger partial charge >= 0.3 is 0 Å². The van der Waals surface area contributed by atoms with Crippen LogP contribution in [-0.4, -0.2) is 6.29 Å². The van der Waals surface area contributed by atoms with Crippen LogP contribution in [0.5, 0.6) is 0 Å². The molecule has 0 unspecified atom stereocenters. The van der Waals surface area contributed by atoms with Crippen LogP contribution in [0.4, 0.5) is 0 Å². The van der Waals surface area contributed by atoms with Gasteiger partial charge < -0.3 is 0 Å². The van der Waals surface area contributed by atoms with Crippen molar-refractivity contribution >= 4 is 27.8 Å². The van der Waals surface area contributed by atoms with Crippen LogP contribution in [0.25, 0.3) is 43.8 Å². The maximum absolute atomic E-state index is 11.4. The van der Waals surface area contributed by atoms with Crippen LogP contribution in [0, 0.1) is 0 Å². The third kappa shape index (κ3) is 2.60. The van der Waals surface area contributed by atoms with Gasteiger partial charge in [-0.15, -0.1) is 0 Å². The summed E-state index contributed by atoms with van der Waals surface area (Å²) in [4.78, 5) is 11.4. The number of benzene rings is 5. The zero-order chi connectivity index (χ0) is 18.9. The van der Waals surface area contributed by atoms with Crippen molar-refractivity contribution in [2.24, 2.45) is 0 Å². The largest absolute Gasteiger partial charge is 0.298 e. The van der Waals surface area contributed by atoms with Crippen LogP contribution < -0.4 is 0 Å². The Morgan fingerprint density at radius 3 is 1.54 bits per heavy atom. The van der Waals surface area contributed by atoms with Crippen LogP contribution in [0.1, 0.15) is 10.4 Å². The number of hydrogen-bond acceptors (Lipinski definition) is 1. The summed E-state index contributed by atoms with van der Waals surface area (Å²) in [6.07, 6.45) is 0.918. The fraction of sp³-hybridized carbons (Fsp3) is 0. The summed E-state index contributed by atoms with van der Waals surface area (Å²) in [5.74, 6) is 0. The quantitative estimate of drug-likeness (QED) is 0.247. The lowest BCUT2D eigenvalue weighted by Gasteiger charge is -2.18. The normalized spacial score (nSPS) is 11.0. The van der Waals surface area contributed by atoms with Crippen molar-refractivity contribution in [3.63, 3.8) is 0 Å². The molecule has 1 nitrogen and oxygen atoms in total. The van der Waals surface area contributed by atoms with E-state index in [0.717, 1.165) is 17.1 Å². The van der Waals surface area contributed by atoms with Crippen molar-refractivity contribution in [1.82, 2.24) is 0 Å². The van der Waals surface area contributed by atoms with Crippen LogP contribution in [-0.2, 0) is 0 Å². The molecule has 0 amide bonds. The molecule has 5 aromatic rings. The molecule has 0 spiro atoms. The Morgan fingerprint density at radius 2 is 0.964 bits per heavy atom. The molecule has 5 aromatic carbocycles. The summed E-state index contributed by atoms with van der Waals surface area (Å²) in [6, 6.07) is 35.5. The van der Waals surface area contributed by atoms with E-state index in [1.807, 2.05) is 24.3 Å². The molecule has 28 heavy (non-hydrogen) atoms. The second-order valence-corrected chi connectivity index (χ2v) is 6.95. The maximum atomic E-state index is 11.4. The predicted molar refractivity (Wildman–Crippen MR) is 118 cm³/mol. The Bertz CT molecular complexity index is 1300. The van der Waals surface area contributed by atoms with Gasteiger partial charge in [0.15, 0.2) is 0 Å². The Kier molecular flexibility index (Phi) is 3.99. The van der Waals surface area contributed by atoms with Crippen molar-refractivity contribution in [2.45, 2.75) is 0 Å². The summed E-state index contributed by atoms with van der Waals surface area (Å²) in [5, 5.41) is 4.64. The Labute approximate surface area is 163 Å². The number of aldehydes is 1. The van der Waals surface area contributed by atoms with Gasteiger partial charge in [-0.1, -0.05) is 97.1 Å². The summed E-state index contributed by atoms with van der Waals surface area (Å²) in [6.45, 7) is 0. The first-order chi connectivity index (χ1) is 13.9. The molecule has 1 heteroatoms. The number of hydrogen-bond donors (Lipinski definition) is 0. The van der Waals surface area contributed by atoms with Gasteiger partial charge in [-0.05, 0) is 49.9 Å². The lowest BCUT2D eigenvalue weighted by molar-refractivity contribution is 0.112. The molecule has 0 aromatic heterocycles. The Balaban J connectivity index is 2.05. The summed E-state index contributed by atoms with van der Waals surface area (Å²) < 4.78 is 0. The monoisotopic (exact) mass is 358 g/mol. The van der Waals surface area contributed by atoms with E-state index in [0.29, 0.717) is 5.56 Å².